The zero-order chi connectivity index (χ0) is 16.8. The molecule has 0 aliphatic heterocycles. The number of benzene rings is 2. The van der Waals surface area contributed by atoms with Crippen LogP contribution in [0.2, 0.25) is 0 Å². The Kier molecular flexibility index (Phi) is 4.86. The third-order valence-electron chi connectivity index (χ3n) is 3.23. The Balaban J connectivity index is 1.51. The maximum absolute atomic E-state index is 12.9. The quantitative estimate of drug-likeness (QED) is 0.706. The molecular weight excluding hydrogens is 311 g/mol. The Morgan fingerprint density at radius 2 is 1.88 bits per heavy atom. The molecule has 1 heterocycles. The van der Waals surface area contributed by atoms with Crippen molar-refractivity contribution in [1.29, 1.82) is 0 Å². The molecule has 1 aromatic heterocycles. The summed E-state index contributed by atoms with van der Waals surface area (Å²) in [4.78, 5) is 15.9. The van der Waals surface area contributed by atoms with Crippen LogP contribution in [0.3, 0.4) is 0 Å². The molecule has 0 radical (unpaired) electrons. The highest BCUT2D eigenvalue weighted by atomic mass is 19.1. The summed E-state index contributed by atoms with van der Waals surface area (Å²) >= 11 is 0. The van der Waals surface area contributed by atoms with Gasteiger partial charge in [0.2, 0.25) is 0 Å². The number of nitrogens with one attached hydrogen (secondary N) is 1. The van der Waals surface area contributed by atoms with Gasteiger partial charge < -0.3 is 14.5 Å². The second-order valence-electron chi connectivity index (χ2n) is 4.95. The summed E-state index contributed by atoms with van der Waals surface area (Å²) in [5.74, 6) is 0.325. The first-order chi connectivity index (χ1) is 11.7. The van der Waals surface area contributed by atoms with E-state index < -0.39 is 5.91 Å². The van der Waals surface area contributed by atoms with E-state index in [1.54, 1.807) is 12.1 Å². The fourth-order valence-corrected chi connectivity index (χ4v) is 2.05. The number of hydrogen-bond donors (Lipinski definition) is 1. The average molecular weight is 326 g/mol. The Labute approximate surface area is 138 Å². The number of amides is 1. The Hall–Kier alpha value is -3.15. The van der Waals surface area contributed by atoms with Gasteiger partial charge in [-0.15, -0.1) is 0 Å². The Bertz CT molecular complexity index is 801. The minimum Gasteiger partial charge on any atom is -0.492 e. The molecule has 122 valence electrons. The van der Waals surface area contributed by atoms with Crippen molar-refractivity contribution >= 4 is 5.91 Å². The fraction of sp³-hybridized carbons (Fsp3) is 0.111. The van der Waals surface area contributed by atoms with Crippen LogP contribution in [-0.2, 0) is 0 Å². The minimum absolute atomic E-state index is 0.0472. The first kappa shape index (κ1) is 15.7. The van der Waals surface area contributed by atoms with Crippen LogP contribution in [0.15, 0.2) is 65.2 Å². The number of halogens is 1. The number of rotatable bonds is 6. The van der Waals surface area contributed by atoms with E-state index in [1.165, 1.54) is 18.3 Å². The predicted octanol–water partition coefficient (Wildman–Crippen LogP) is 3.29. The smallest absolute Gasteiger partial charge is 0.307 e. The molecule has 1 amide bonds. The van der Waals surface area contributed by atoms with Gasteiger partial charge in [0.25, 0.3) is 5.89 Å². The lowest BCUT2D eigenvalue weighted by molar-refractivity contribution is 0.0913. The van der Waals surface area contributed by atoms with Crippen LogP contribution in [0.25, 0.3) is 11.3 Å². The van der Waals surface area contributed by atoms with Crippen molar-refractivity contribution in [3.05, 3.63) is 72.5 Å². The summed E-state index contributed by atoms with van der Waals surface area (Å²) in [5, 5.41) is 2.66. The zero-order valence-corrected chi connectivity index (χ0v) is 12.7. The lowest BCUT2D eigenvalue weighted by Gasteiger charge is -2.06. The van der Waals surface area contributed by atoms with Gasteiger partial charge >= 0.3 is 5.91 Å². The Morgan fingerprint density at radius 3 is 2.62 bits per heavy atom. The van der Waals surface area contributed by atoms with Crippen molar-refractivity contribution in [3.63, 3.8) is 0 Å². The number of hydrogen-bond acceptors (Lipinski definition) is 4. The van der Waals surface area contributed by atoms with Gasteiger partial charge in [-0.25, -0.2) is 9.37 Å². The van der Waals surface area contributed by atoms with Crippen molar-refractivity contribution in [3.8, 4) is 17.1 Å². The van der Waals surface area contributed by atoms with Crippen LogP contribution in [-0.4, -0.2) is 24.0 Å². The van der Waals surface area contributed by atoms with Crippen LogP contribution in [0.4, 0.5) is 4.39 Å². The molecule has 0 spiro atoms. The highest BCUT2D eigenvalue weighted by Gasteiger charge is 2.13. The maximum atomic E-state index is 12.9. The largest absolute Gasteiger partial charge is 0.492 e. The summed E-state index contributed by atoms with van der Waals surface area (Å²) in [6.07, 6.45) is 1.43. The maximum Gasteiger partial charge on any atom is 0.307 e. The topological polar surface area (TPSA) is 64.4 Å². The lowest BCUT2D eigenvalue weighted by Crippen LogP contribution is -2.28. The molecule has 0 fully saturated rings. The van der Waals surface area contributed by atoms with E-state index in [0.29, 0.717) is 24.5 Å². The van der Waals surface area contributed by atoms with Crippen molar-refractivity contribution in [1.82, 2.24) is 10.3 Å². The van der Waals surface area contributed by atoms with Crippen molar-refractivity contribution in [2.24, 2.45) is 0 Å². The van der Waals surface area contributed by atoms with Crippen molar-refractivity contribution in [2.45, 2.75) is 0 Å². The summed E-state index contributed by atoms with van der Waals surface area (Å²) < 4.78 is 23.8. The molecule has 0 unspecified atom stereocenters. The highest BCUT2D eigenvalue weighted by Crippen LogP contribution is 2.20. The van der Waals surface area contributed by atoms with Gasteiger partial charge in [0.05, 0.1) is 12.7 Å². The second kappa shape index (κ2) is 7.41. The SMILES string of the molecule is O=C(NCCOc1ccccc1)c1ncc(-c2ccc(F)cc2)o1. The van der Waals surface area contributed by atoms with E-state index in [9.17, 15) is 9.18 Å². The van der Waals surface area contributed by atoms with E-state index in [0.717, 1.165) is 5.75 Å². The molecule has 0 aliphatic rings. The predicted molar refractivity (Wildman–Crippen MR) is 86.2 cm³/mol. The molecule has 0 bridgehead atoms. The van der Waals surface area contributed by atoms with Gasteiger partial charge in [-0.2, -0.15) is 0 Å². The minimum atomic E-state index is -0.431. The van der Waals surface area contributed by atoms with Crippen LogP contribution >= 0.6 is 0 Å². The van der Waals surface area contributed by atoms with Gasteiger partial charge in [0.1, 0.15) is 18.2 Å². The fourth-order valence-electron chi connectivity index (χ4n) is 2.05. The normalized spacial score (nSPS) is 10.4. The van der Waals surface area contributed by atoms with E-state index >= 15 is 0 Å². The number of nitrogens with zero attached hydrogens (tertiary/aromatic N) is 1. The van der Waals surface area contributed by atoms with Gasteiger partial charge in [-0.3, -0.25) is 4.79 Å². The lowest BCUT2D eigenvalue weighted by atomic mass is 10.2. The zero-order valence-electron chi connectivity index (χ0n) is 12.7. The summed E-state index contributed by atoms with van der Waals surface area (Å²) in [6, 6.07) is 15.1. The molecule has 0 saturated heterocycles. The molecule has 0 atom stereocenters. The summed E-state index contributed by atoms with van der Waals surface area (Å²) in [5.41, 5.74) is 0.648. The molecule has 3 rings (SSSR count). The number of oxazole rings is 1. The van der Waals surface area contributed by atoms with Gasteiger partial charge in [-0.05, 0) is 36.4 Å². The van der Waals surface area contributed by atoms with Crippen LogP contribution in [0, 0.1) is 5.82 Å². The second-order valence-corrected chi connectivity index (χ2v) is 4.95. The van der Waals surface area contributed by atoms with Crippen LogP contribution in [0.1, 0.15) is 10.7 Å². The van der Waals surface area contributed by atoms with E-state index in [1.807, 2.05) is 30.3 Å². The molecule has 0 aliphatic carbocycles. The standard InChI is InChI=1S/C18H15FN2O3/c19-14-8-6-13(7-9-14)16-12-21-18(24-16)17(22)20-10-11-23-15-4-2-1-3-5-15/h1-9,12H,10-11H2,(H,20,22). The number of ether oxygens (including phenoxy) is 1. The van der Waals surface area contributed by atoms with Crippen molar-refractivity contribution in [2.75, 3.05) is 13.2 Å². The molecule has 24 heavy (non-hydrogen) atoms. The molecule has 3 aromatic rings. The third kappa shape index (κ3) is 3.98. The summed E-state index contributed by atoms with van der Waals surface area (Å²) in [6.45, 7) is 0.656. The summed E-state index contributed by atoms with van der Waals surface area (Å²) in [7, 11) is 0. The molecule has 0 saturated carbocycles. The molecule has 6 heteroatoms. The molecule has 2 aromatic carbocycles. The highest BCUT2D eigenvalue weighted by molar-refractivity contribution is 5.89. The molecular formula is C18H15FN2O3. The first-order valence-electron chi connectivity index (χ1n) is 7.40. The van der Waals surface area contributed by atoms with E-state index in [-0.39, 0.29) is 11.7 Å². The van der Waals surface area contributed by atoms with Gasteiger partial charge in [0.15, 0.2) is 5.76 Å². The van der Waals surface area contributed by atoms with Gasteiger partial charge in [-0.1, -0.05) is 18.2 Å². The number of carbonyl (C=O) groups excluding carboxylic acids is 1. The Morgan fingerprint density at radius 1 is 1.12 bits per heavy atom. The first-order valence-corrected chi connectivity index (χ1v) is 7.40. The van der Waals surface area contributed by atoms with Crippen molar-refractivity contribution < 1.29 is 18.3 Å². The van der Waals surface area contributed by atoms with E-state index in [4.69, 9.17) is 9.15 Å². The average Bonchev–Trinajstić information content (AvgIpc) is 3.10. The monoisotopic (exact) mass is 326 g/mol. The van der Waals surface area contributed by atoms with Crippen LogP contribution in [0.5, 0.6) is 5.75 Å². The molecule has 5 nitrogen and oxygen atoms in total. The van der Waals surface area contributed by atoms with Crippen LogP contribution < -0.4 is 10.1 Å². The van der Waals surface area contributed by atoms with Gasteiger partial charge in [0, 0.05) is 5.56 Å². The number of carbonyl (C=O) groups is 1. The van der Waals surface area contributed by atoms with E-state index in [2.05, 4.69) is 10.3 Å². The number of para-hydroxylation sites is 1. The third-order valence-corrected chi connectivity index (χ3v) is 3.23. The molecule has 1 N–H and O–H groups in total. The number of aromatic nitrogens is 1.